The zero-order chi connectivity index (χ0) is 23.5. The second kappa shape index (κ2) is 9.67. The van der Waals surface area contributed by atoms with Crippen molar-refractivity contribution in [1.82, 2.24) is 5.01 Å². The standard InChI is InChI=1S/C28H30N2O4/c1-4-5-17-33-22-15-11-20(12-16-22)28-30-25(23-7-6-8-26(32-3)27(23)34-28)18-24(29-30)19-9-13-21(31-2)14-10-19/h6-16,25,28H,4-5,17-18H2,1-3H3. The third kappa shape index (κ3) is 4.16. The van der Waals surface area contributed by atoms with Crippen LogP contribution in [-0.4, -0.2) is 31.5 Å². The first kappa shape index (κ1) is 22.1. The summed E-state index contributed by atoms with van der Waals surface area (Å²) in [7, 11) is 3.35. The molecule has 2 aliphatic rings. The predicted octanol–water partition coefficient (Wildman–Crippen LogP) is 6.13. The van der Waals surface area contributed by atoms with Gasteiger partial charge in [-0.1, -0.05) is 25.5 Å². The van der Waals surface area contributed by atoms with Crippen molar-refractivity contribution in [2.45, 2.75) is 38.5 Å². The minimum absolute atomic E-state index is 0.0569. The summed E-state index contributed by atoms with van der Waals surface area (Å²) in [6.07, 6.45) is 2.57. The van der Waals surface area contributed by atoms with Crippen LogP contribution >= 0.6 is 0 Å². The van der Waals surface area contributed by atoms with Gasteiger partial charge < -0.3 is 18.9 Å². The highest BCUT2D eigenvalue weighted by Gasteiger charge is 2.42. The molecule has 176 valence electrons. The molecule has 0 amide bonds. The van der Waals surface area contributed by atoms with Crippen LogP contribution in [0.4, 0.5) is 0 Å². The Morgan fingerprint density at radius 1 is 0.941 bits per heavy atom. The molecule has 6 nitrogen and oxygen atoms in total. The largest absolute Gasteiger partial charge is 0.497 e. The van der Waals surface area contributed by atoms with Crippen molar-refractivity contribution in [2.75, 3.05) is 20.8 Å². The van der Waals surface area contributed by atoms with E-state index >= 15 is 0 Å². The molecule has 6 heteroatoms. The van der Waals surface area contributed by atoms with Gasteiger partial charge in [-0.15, -0.1) is 0 Å². The Kier molecular flexibility index (Phi) is 6.30. The fourth-order valence-electron chi connectivity index (χ4n) is 4.49. The molecule has 0 radical (unpaired) electrons. The summed E-state index contributed by atoms with van der Waals surface area (Å²) >= 11 is 0. The summed E-state index contributed by atoms with van der Waals surface area (Å²) in [6.45, 7) is 2.89. The minimum Gasteiger partial charge on any atom is -0.497 e. The van der Waals surface area contributed by atoms with Crippen molar-refractivity contribution >= 4 is 5.71 Å². The summed E-state index contributed by atoms with van der Waals surface area (Å²) in [5, 5.41) is 7.12. The maximum Gasteiger partial charge on any atom is 0.214 e. The van der Waals surface area contributed by atoms with E-state index in [9.17, 15) is 0 Å². The molecule has 2 unspecified atom stereocenters. The Labute approximate surface area is 200 Å². The van der Waals surface area contributed by atoms with Crippen LogP contribution in [0.5, 0.6) is 23.0 Å². The van der Waals surface area contributed by atoms with Gasteiger partial charge in [0.05, 0.1) is 32.6 Å². The molecule has 0 saturated carbocycles. The first-order valence-electron chi connectivity index (χ1n) is 11.8. The lowest BCUT2D eigenvalue weighted by Crippen LogP contribution is -2.33. The van der Waals surface area contributed by atoms with Gasteiger partial charge in [0.1, 0.15) is 11.5 Å². The van der Waals surface area contributed by atoms with Gasteiger partial charge in [0.2, 0.25) is 6.23 Å². The molecule has 2 heterocycles. The van der Waals surface area contributed by atoms with E-state index in [2.05, 4.69) is 42.3 Å². The summed E-state index contributed by atoms with van der Waals surface area (Å²) < 4.78 is 23.4. The van der Waals surface area contributed by atoms with E-state index in [-0.39, 0.29) is 12.3 Å². The summed E-state index contributed by atoms with van der Waals surface area (Å²) in [4.78, 5) is 0. The van der Waals surface area contributed by atoms with Crippen LogP contribution in [0.2, 0.25) is 0 Å². The van der Waals surface area contributed by atoms with Gasteiger partial charge in [-0.2, -0.15) is 5.10 Å². The fourth-order valence-corrected chi connectivity index (χ4v) is 4.49. The number of hydrogen-bond donors (Lipinski definition) is 0. The smallest absolute Gasteiger partial charge is 0.214 e. The molecule has 34 heavy (non-hydrogen) atoms. The SMILES string of the molecule is CCCCOc1ccc(C2Oc3c(OC)cccc3C3CC(c4ccc(OC)cc4)=NN32)cc1. The van der Waals surface area contributed by atoms with Crippen molar-refractivity contribution in [2.24, 2.45) is 5.10 Å². The molecule has 3 aromatic rings. The van der Waals surface area contributed by atoms with Gasteiger partial charge >= 0.3 is 0 Å². The van der Waals surface area contributed by atoms with Crippen molar-refractivity contribution in [3.05, 3.63) is 83.4 Å². The summed E-state index contributed by atoms with van der Waals surface area (Å²) in [6, 6.07) is 22.3. The first-order valence-corrected chi connectivity index (χ1v) is 11.8. The zero-order valence-electron chi connectivity index (χ0n) is 19.9. The molecule has 0 bridgehead atoms. The number of unbranched alkanes of at least 4 members (excludes halogenated alkanes) is 1. The normalized spacial score (nSPS) is 18.4. The molecule has 0 N–H and O–H groups in total. The number of rotatable bonds is 8. The topological polar surface area (TPSA) is 52.5 Å². The maximum atomic E-state index is 6.55. The minimum atomic E-state index is -0.366. The van der Waals surface area contributed by atoms with E-state index in [1.807, 2.05) is 36.4 Å². The predicted molar refractivity (Wildman–Crippen MR) is 132 cm³/mol. The summed E-state index contributed by atoms with van der Waals surface area (Å²) in [5.74, 6) is 3.22. The number of hydrazone groups is 1. The molecular weight excluding hydrogens is 428 g/mol. The lowest BCUT2D eigenvalue weighted by molar-refractivity contribution is -0.0209. The molecule has 5 rings (SSSR count). The Morgan fingerprint density at radius 2 is 1.71 bits per heavy atom. The van der Waals surface area contributed by atoms with Crippen molar-refractivity contribution in [3.63, 3.8) is 0 Å². The number of ether oxygens (including phenoxy) is 4. The molecule has 2 atom stereocenters. The maximum absolute atomic E-state index is 6.55. The van der Waals surface area contributed by atoms with Gasteiger partial charge in [-0.05, 0) is 66.6 Å². The average molecular weight is 459 g/mol. The first-order chi connectivity index (χ1) is 16.7. The highest BCUT2D eigenvalue weighted by atomic mass is 16.5. The van der Waals surface area contributed by atoms with E-state index in [1.54, 1.807) is 14.2 Å². The van der Waals surface area contributed by atoms with Gasteiger partial charge in [0.15, 0.2) is 11.5 Å². The average Bonchev–Trinajstić information content (AvgIpc) is 3.34. The van der Waals surface area contributed by atoms with Crippen molar-refractivity contribution in [1.29, 1.82) is 0 Å². The van der Waals surface area contributed by atoms with E-state index in [0.29, 0.717) is 0 Å². The van der Waals surface area contributed by atoms with Gasteiger partial charge in [-0.25, -0.2) is 5.01 Å². The highest BCUT2D eigenvalue weighted by Crippen LogP contribution is 2.50. The lowest BCUT2D eigenvalue weighted by Gasteiger charge is -2.38. The van der Waals surface area contributed by atoms with E-state index < -0.39 is 0 Å². The number of benzene rings is 3. The second-order valence-corrected chi connectivity index (χ2v) is 8.50. The van der Waals surface area contributed by atoms with E-state index in [0.717, 1.165) is 71.3 Å². The Bertz CT molecular complexity index is 1160. The second-order valence-electron chi connectivity index (χ2n) is 8.50. The summed E-state index contributed by atoms with van der Waals surface area (Å²) in [5.41, 5.74) is 4.21. The quantitative estimate of drug-likeness (QED) is 0.380. The highest BCUT2D eigenvalue weighted by molar-refractivity contribution is 6.02. The molecule has 3 aromatic carbocycles. The van der Waals surface area contributed by atoms with Crippen LogP contribution in [0.15, 0.2) is 71.8 Å². The van der Waals surface area contributed by atoms with Crippen LogP contribution in [0.25, 0.3) is 0 Å². The molecule has 2 aliphatic heterocycles. The van der Waals surface area contributed by atoms with E-state index in [4.69, 9.17) is 24.0 Å². The van der Waals surface area contributed by atoms with Gasteiger partial charge in [-0.3, -0.25) is 0 Å². The third-order valence-electron chi connectivity index (χ3n) is 6.36. The number of nitrogens with zero attached hydrogens (tertiary/aromatic N) is 2. The van der Waals surface area contributed by atoms with Crippen LogP contribution in [-0.2, 0) is 0 Å². The van der Waals surface area contributed by atoms with Gasteiger partial charge in [0, 0.05) is 17.5 Å². The van der Waals surface area contributed by atoms with Crippen molar-refractivity contribution in [3.8, 4) is 23.0 Å². The Morgan fingerprint density at radius 3 is 2.41 bits per heavy atom. The lowest BCUT2D eigenvalue weighted by atomic mass is 9.95. The van der Waals surface area contributed by atoms with Crippen LogP contribution in [0, 0.1) is 0 Å². The Hall–Kier alpha value is -3.67. The molecule has 0 fully saturated rings. The number of hydrogen-bond acceptors (Lipinski definition) is 6. The van der Waals surface area contributed by atoms with Crippen LogP contribution in [0.1, 0.15) is 55.1 Å². The molecule has 0 saturated heterocycles. The van der Waals surface area contributed by atoms with Crippen LogP contribution in [0.3, 0.4) is 0 Å². The Balaban J connectivity index is 1.49. The van der Waals surface area contributed by atoms with Crippen molar-refractivity contribution < 1.29 is 18.9 Å². The molecule has 0 aliphatic carbocycles. The number of fused-ring (bicyclic) bond motifs is 3. The zero-order valence-corrected chi connectivity index (χ0v) is 19.9. The fraction of sp³-hybridized carbons (Fsp3) is 0.321. The monoisotopic (exact) mass is 458 g/mol. The molecule has 0 aromatic heterocycles. The molecular formula is C28H30N2O4. The van der Waals surface area contributed by atoms with Gasteiger partial charge in [0.25, 0.3) is 0 Å². The number of methoxy groups -OCH3 is 2. The number of para-hydroxylation sites is 1. The van der Waals surface area contributed by atoms with Crippen LogP contribution < -0.4 is 18.9 Å². The molecule has 0 spiro atoms. The van der Waals surface area contributed by atoms with E-state index in [1.165, 1.54) is 0 Å². The third-order valence-corrected chi connectivity index (χ3v) is 6.36.